The van der Waals surface area contributed by atoms with Gasteiger partial charge in [-0.3, -0.25) is 0 Å². The number of nitrogen functional groups attached to an aromatic ring is 1. The maximum Gasteiger partial charge on any atom is 0.139 e. The molecule has 0 spiro atoms. The van der Waals surface area contributed by atoms with Gasteiger partial charge in [0.2, 0.25) is 0 Å². The quantitative estimate of drug-likeness (QED) is 0.749. The molecule has 0 unspecified atom stereocenters. The first-order valence-corrected chi connectivity index (χ1v) is 6.95. The highest BCUT2D eigenvalue weighted by atomic mass is 79.9. The number of benzene rings is 2. The first kappa shape index (κ1) is 14.1. The number of nitrogens with two attached hydrogens (primary N) is 1. The predicted octanol–water partition coefficient (Wildman–Crippen LogP) is 4.69. The molecule has 0 aliphatic heterocycles. The van der Waals surface area contributed by atoms with E-state index in [2.05, 4.69) is 37.2 Å². The summed E-state index contributed by atoms with van der Waals surface area (Å²) in [6.45, 7) is 0. The molecule has 6 heteroatoms. The second-order valence-electron chi connectivity index (χ2n) is 3.82. The van der Waals surface area contributed by atoms with Gasteiger partial charge < -0.3 is 15.8 Å². The maximum absolute atomic E-state index is 13.3. The number of nitrogens with one attached hydrogen (secondary N) is 1. The Morgan fingerprint density at radius 1 is 1.11 bits per heavy atom. The molecule has 0 aliphatic rings. The minimum Gasteiger partial charge on any atom is -0.497 e. The van der Waals surface area contributed by atoms with Gasteiger partial charge in [-0.25, -0.2) is 4.39 Å². The van der Waals surface area contributed by atoms with Crippen molar-refractivity contribution in [1.29, 1.82) is 0 Å². The summed E-state index contributed by atoms with van der Waals surface area (Å²) >= 11 is 6.56. The third-order valence-corrected chi connectivity index (χ3v) is 3.83. The summed E-state index contributed by atoms with van der Waals surface area (Å²) in [5, 5.41) is 3.13. The molecule has 0 aliphatic carbocycles. The molecule has 19 heavy (non-hydrogen) atoms. The molecular weight excluding hydrogens is 379 g/mol. The summed E-state index contributed by atoms with van der Waals surface area (Å²) in [5.74, 6) is 0.318. The molecular formula is C13H11Br2FN2O. The first-order chi connectivity index (χ1) is 9.01. The summed E-state index contributed by atoms with van der Waals surface area (Å²) in [6, 6.07) is 8.37. The van der Waals surface area contributed by atoms with Gasteiger partial charge in [0.1, 0.15) is 11.6 Å². The van der Waals surface area contributed by atoms with E-state index in [4.69, 9.17) is 10.5 Å². The molecule has 0 bridgehead atoms. The van der Waals surface area contributed by atoms with Gasteiger partial charge in [0.15, 0.2) is 0 Å². The molecule has 2 rings (SSSR count). The molecule has 0 saturated heterocycles. The zero-order chi connectivity index (χ0) is 14.0. The molecule has 3 nitrogen and oxygen atoms in total. The monoisotopic (exact) mass is 388 g/mol. The number of ether oxygens (including phenoxy) is 1. The lowest BCUT2D eigenvalue weighted by Gasteiger charge is -2.13. The minimum absolute atomic E-state index is 0.329. The van der Waals surface area contributed by atoms with E-state index in [0.717, 1.165) is 10.2 Å². The Hall–Kier alpha value is -1.27. The van der Waals surface area contributed by atoms with Crippen LogP contribution < -0.4 is 15.8 Å². The fourth-order valence-corrected chi connectivity index (χ4v) is 2.23. The summed E-state index contributed by atoms with van der Waals surface area (Å²) in [5.41, 5.74) is 7.51. The molecule has 0 aromatic heterocycles. The van der Waals surface area contributed by atoms with Crippen LogP contribution in [0.1, 0.15) is 0 Å². The van der Waals surface area contributed by atoms with E-state index < -0.39 is 5.82 Å². The van der Waals surface area contributed by atoms with E-state index in [-0.39, 0.29) is 0 Å². The largest absolute Gasteiger partial charge is 0.497 e. The average molecular weight is 390 g/mol. The van der Waals surface area contributed by atoms with Gasteiger partial charge in [0, 0.05) is 16.6 Å². The van der Waals surface area contributed by atoms with Crippen LogP contribution in [0.3, 0.4) is 0 Å². The topological polar surface area (TPSA) is 47.3 Å². The van der Waals surface area contributed by atoms with Crippen molar-refractivity contribution in [3.63, 3.8) is 0 Å². The molecule has 0 radical (unpaired) electrons. The Morgan fingerprint density at radius 2 is 1.84 bits per heavy atom. The SMILES string of the molecule is COc1ccc(Br)c(Nc2cc(Br)c(F)cc2N)c1. The van der Waals surface area contributed by atoms with Crippen LogP contribution in [-0.4, -0.2) is 7.11 Å². The van der Waals surface area contributed by atoms with Crippen LogP contribution in [0, 0.1) is 5.82 Å². The Balaban J connectivity index is 2.38. The number of hydrogen-bond acceptors (Lipinski definition) is 3. The van der Waals surface area contributed by atoms with E-state index in [1.54, 1.807) is 13.2 Å². The lowest BCUT2D eigenvalue weighted by molar-refractivity contribution is 0.415. The van der Waals surface area contributed by atoms with Crippen molar-refractivity contribution < 1.29 is 9.13 Å². The van der Waals surface area contributed by atoms with Crippen LogP contribution in [0.15, 0.2) is 39.3 Å². The average Bonchev–Trinajstić information content (AvgIpc) is 2.38. The van der Waals surface area contributed by atoms with Crippen molar-refractivity contribution in [2.24, 2.45) is 0 Å². The zero-order valence-electron chi connectivity index (χ0n) is 10.0. The first-order valence-electron chi connectivity index (χ1n) is 5.36. The van der Waals surface area contributed by atoms with E-state index >= 15 is 0 Å². The van der Waals surface area contributed by atoms with Crippen LogP contribution in [0.5, 0.6) is 5.75 Å². The van der Waals surface area contributed by atoms with Crippen molar-refractivity contribution in [3.05, 3.63) is 45.1 Å². The van der Waals surface area contributed by atoms with Crippen molar-refractivity contribution >= 4 is 48.9 Å². The molecule has 0 heterocycles. The van der Waals surface area contributed by atoms with Crippen molar-refractivity contribution in [2.75, 3.05) is 18.2 Å². The van der Waals surface area contributed by atoms with E-state index in [1.165, 1.54) is 6.07 Å². The van der Waals surface area contributed by atoms with E-state index in [1.807, 2.05) is 18.2 Å². The van der Waals surface area contributed by atoms with Crippen molar-refractivity contribution in [1.82, 2.24) is 0 Å². The minimum atomic E-state index is -0.396. The van der Waals surface area contributed by atoms with Gasteiger partial charge in [0.05, 0.1) is 28.6 Å². The second kappa shape index (κ2) is 5.79. The van der Waals surface area contributed by atoms with Gasteiger partial charge in [-0.05, 0) is 50.1 Å². The number of halogens is 3. The van der Waals surface area contributed by atoms with Crippen LogP contribution >= 0.6 is 31.9 Å². The second-order valence-corrected chi connectivity index (χ2v) is 5.53. The molecule has 0 saturated carbocycles. The van der Waals surface area contributed by atoms with Crippen molar-refractivity contribution in [2.45, 2.75) is 0 Å². The lowest BCUT2D eigenvalue weighted by atomic mass is 10.2. The normalized spacial score (nSPS) is 10.3. The summed E-state index contributed by atoms with van der Waals surface area (Å²) in [4.78, 5) is 0. The molecule has 0 amide bonds. The lowest BCUT2D eigenvalue weighted by Crippen LogP contribution is -1.98. The molecule has 0 atom stereocenters. The van der Waals surface area contributed by atoms with Crippen LogP contribution in [0.2, 0.25) is 0 Å². The molecule has 2 aromatic rings. The fraction of sp³-hybridized carbons (Fsp3) is 0.0769. The summed E-state index contributed by atoms with van der Waals surface area (Å²) in [7, 11) is 1.59. The van der Waals surface area contributed by atoms with Gasteiger partial charge in [-0.1, -0.05) is 0 Å². The summed E-state index contributed by atoms with van der Waals surface area (Å²) < 4.78 is 19.7. The maximum atomic E-state index is 13.3. The zero-order valence-corrected chi connectivity index (χ0v) is 13.2. The molecule has 100 valence electrons. The van der Waals surface area contributed by atoms with Crippen molar-refractivity contribution in [3.8, 4) is 5.75 Å². The molecule has 3 N–H and O–H groups in total. The third-order valence-electron chi connectivity index (χ3n) is 2.54. The number of rotatable bonds is 3. The predicted molar refractivity (Wildman–Crippen MR) is 82.5 cm³/mol. The highest BCUT2D eigenvalue weighted by Crippen LogP contribution is 2.33. The number of hydrogen-bond donors (Lipinski definition) is 2. The van der Waals surface area contributed by atoms with Gasteiger partial charge in [-0.15, -0.1) is 0 Å². The highest BCUT2D eigenvalue weighted by Gasteiger charge is 2.08. The standard InChI is InChI=1S/C13H11Br2FN2O/c1-19-7-2-3-8(14)12(4-7)18-13-5-9(15)10(16)6-11(13)17/h2-6,18H,17H2,1H3. The fourth-order valence-electron chi connectivity index (χ4n) is 1.54. The highest BCUT2D eigenvalue weighted by molar-refractivity contribution is 9.10. The molecule has 2 aromatic carbocycles. The van der Waals surface area contributed by atoms with E-state index in [0.29, 0.717) is 21.6 Å². The van der Waals surface area contributed by atoms with Crippen LogP contribution in [0.4, 0.5) is 21.5 Å². The Morgan fingerprint density at radius 3 is 2.53 bits per heavy atom. The van der Waals surface area contributed by atoms with E-state index in [9.17, 15) is 4.39 Å². The smallest absolute Gasteiger partial charge is 0.139 e. The Kier molecular flexibility index (Phi) is 4.31. The number of methoxy groups -OCH3 is 1. The Bertz CT molecular complexity index is 620. The molecule has 0 fully saturated rings. The van der Waals surface area contributed by atoms with Crippen LogP contribution in [-0.2, 0) is 0 Å². The van der Waals surface area contributed by atoms with Gasteiger partial charge in [0.25, 0.3) is 0 Å². The van der Waals surface area contributed by atoms with Gasteiger partial charge >= 0.3 is 0 Å². The van der Waals surface area contributed by atoms with Gasteiger partial charge in [-0.2, -0.15) is 0 Å². The summed E-state index contributed by atoms with van der Waals surface area (Å²) in [6.07, 6.45) is 0. The van der Waals surface area contributed by atoms with Crippen LogP contribution in [0.25, 0.3) is 0 Å². The number of anilines is 3. The third kappa shape index (κ3) is 3.19. The Labute approximate surface area is 127 Å².